The lowest BCUT2D eigenvalue weighted by Gasteiger charge is -2.29. The fourth-order valence-corrected chi connectivity index (χ4v) is 4.98. The van der Waals surface area contributed by atoms with E-state index in [1.807, 2.05) is 0 Å². The predicted octanol–water partition coefficient (Wildman–Crippen LogP) is -0.780. The molecule has 0 aliphatic carbocycles. The van der Waals surface area contributed by atoms with Crippen LogP contribution in [0.1, 0.15) is 25.7 Å². The number of hydrogen-bond acceptors (Lipinski definition) is 6. The molecule has 1 rings (SSSR count). The maximum Gasteiger partial charge on any atom is 0.154 e. The van der Waals surface area contributed by atoms with Crippen LogP contribution in [0.15, 0.2) is 0 Å². The molecule has 1 saturated heterocycles. The van der Waals surface area contributed by atoms with Crippen LogP contribution in [0, 0.1) is 0 Å². The quantitative estimate of drug-likeness (QED) is 0.507. The van der Waals surface area contributed by atoms with Gasteiger partial charge in [0.05, 0.1) is 16.8 Å². The highest BCUT2D eigenvalue weighted by molar-refractivity contribution is 7.92. The fourth-order valence-electron chi connectivity index (χ4n) is 2.15. The van der Waals surface area contributed by atoms with Gasteiger partial charge in [-0.2, -0.15) is 0 Å². The third-order valence-electron chi connectivity index (χ3n) is 3.09. The summed E-state index contributed by atoms with van der Waals surface area (Å²) in [4.78, 5) is 0. The van der Waals surface area contributed by atoms with Crippen LogP contribution < -0.4 is 11.3 Å². The van der Waals surface area contributed by atoms with Gasteiger partial charge < -0.3 is 0 Å². The summed E-state index contributed by atoms with van der Waals surface area (Å²) in [6.07, 6.45) is 3.46. The molecule has 6 nitrogen and oxygen atoms in total. The second-order valence-electron chi connectivity index (χ2n) is 4.59. The summed E-state index contributed by atoms with van der Waals surface area (Å²) < 4.78 is 45.9. The van der Waals surface area contributed by atoms with Gasteiger partial charge >= 0.3 is 0 Å². The summed E-state index contributed by atoms with van der Waals surface area (Å²) in [6.45, 7) is 0. The molecule has 102 valence electrons. The van der Waals surface area contributed by atoms with E-state index in [1.54, 1.807) is 0 Å². The SMILES string of the molecule is CS(=O)(=O)CCC(NN)C1CCCCS1(=O)=O. The minimum Gasteiger partial charge on any atom is -0.271 e. The number of sulfone groups is 2. The van der Waals surface area contributed by atoms with Crippen LogP contribution in [-0.2, 0) is 19.7 Å². The molecule has 1 heterocycles. The van der Waals surface area contributed by atoms with Crippen molar-refractivity contribution < 1.29 is 16.8 Å². The summed E-state index contributed by atoms with van der Waals surface area (Å²) in [5.74, 6) is 5.47. The van der Waals surface area contributed by atoms with Crippen LogP contribution in [0.3, 0.4) is 0 Å². The van der Waals surface area contributed by atoms with Gasteiger partial charge in [0.2, 0.25) is 0 Å². The molecule has 1 aliphatic rings. The molecule has 0 amide bonds. The minimum absolute atomic E-state index is 0.0477. The Labute approximate surface area is 103 Å². The number of rotatable bonds is 5. The number of hydrazine groups is 1. The molecule has 2 atom stereocenters. The van der Waals surface area contributed by atoms with Gasteiger partial charge in [0.1, 0.15) is 9.84 Å². The normalized spacial score (nSPS) is 26.6. The first-order chi connectivity index (χ1) is 7.76. The van der Waals surface area contributed by atoms with Crippen molar-refractivity contribution in [3.05, 3.63) is 0 Å². The van der Waals surface area contributed by atoms with E-state index in [2.05, 4.69) is 5.43 Å². The first kappa shape index (κ1) is 14.9. The van der Waals surface area contributed by atoms with Crippen molar-refractivity contribution in [3.63, 3.8) is 0 Å². The molecule has 17 heavy (non-hydrogen) atoms. The Bertz CT molecular complexity index is 444. The largest absolute Gasteiger partial charge is 0.271 e. The molecular formula is C9H20N2O4S2. The molecule has 2 unspecified atom stereocenters. The maximum atomic E-state index is 11.9. The van der Waals surface area contributed by atoms with E-state index in [0.29, 0.717) is 12.8 Å². The zero-order valence-corrected chi connectivity index (χ0v) is 11.6. The molecule has 0 spiro atoms. The summed E-state index contributed by atoms with van der Waals surface area (Å²) in [5, 5.41) is -0.553. The van der Waals surface area contributed by atoms with E-state index in [0.717, 1.165) is 12.7 Å². The molecule has 0 bridgehead atoms. The highest BCUT2D eigenvalue weighted by Gasteiger charge is 2.35. The highest BCUT2D eigenvalue weighted by Crippen LogP contribution is 2.23. The summed E-state index contributed by atoms with van der Waals surface area (Å²) in [6, 6.07) is -0.477. The van der Waals surface area contributed by atoms with Crippen LogP contribution in [0.2, 0.25) is 0 Å². The summed E-state index contributed by atoms with van der Waals surface area (Å²) in [5.41, 5.74) is 2.46. The molecule has 1 aliphatic heterocycles. The highest BCUT2D eigenvalue weighted by atomic mass is 32.2. The lowest BCUT2D eigenvalue weighted by atomic mass is 10.1. The topological polar surface area (TPSA) is 106 Å². The van der Waals surface area contributed by atoms with E-state index in [-0.39, 0.29) is 17.9 Å². The fraction of sp³-hybridized carbons (Fsp3) is 1.00. The van der Waals surface area contributed by atoms with Gasteiger partial charge in [-0.15, -0.1) is 0 Å². The van der Waals surface area contributed by atoms with Gasteiger partial charge in [0.15, 0.2) is 9.84 Å². The average molecular weight is 284 g/mol. The Morgan fingerprint density at radius 1 is 1.41 bits per heavy atom. The lowest BCUT2D eigenvalue weighted by molar-refractivity contribution is 0.433. The van der Waals surface area contributed by atoms with E-state index >= 15 is 0 Å². The van der Waals surface area contributed by atoms with Crippen LogP contribution in [-0.4, -0.2) is 45.9 Å². The Morgan fingerprint density at radius 2 is 2.06 bits per heavy atom. The van der Waals surface area contributed by atoms with E-state index in [4.69, 9.17) is 5.84 Å². The van der Waals surface area contributed by atoms with Crippen molar-refractivity contribution in [2.45, 2.75) is 37.0 Å². The average Bonchev–Trinajstić information content (AvgIpc) is 2.19. The molecule has 0 aromatic carbocycles. The van der Waals surface area contributed by atoms with Crippen molar-refractivity contribution in [3.8, 4) is 0 Å². The summed E-state index contributed by atoms with van der Waals surface area (Å²) in [7, 11) is -6.24. The number of hydrogen-bond donors (Lipinski definition) is 2. The Kier molecular flexibility index (Phi) is 4.94. The van der Waals surface area contributed by atoms with Crippen LogP contribution in [0.25, 0.3) is 0 Å². The lowest BCUT2D eigenvalue weighted by Crippen LogP contribution is -2.50. The van der Waals surface area contributed by atoms with Gasteiger partial charge in [-0.25, -0.2) is 16.8 Å². The molecule has 8 heteroatoms. The molecule has 0 saturated carbocycles. The Hall–Kier alpha value is -0.180. The van der Waals surface area contributed by atoms with E-state index in [1.165, 1.54) is 0 Å². The van der Waals surface area contributed by atoms with Gasteiger partial charge in [-0.05, 0) is 19.3 Å². The standard InChI is InChI=1S/C9H20N2O4S2/c1-16(12,13)7-5-8(11-10)9-4-2-3-6-17(9,14)15/h8-9,11H,2-7,10H2,1H3. The van der Waals surface area contributed by atoms with Gasteiger partial charge in [0, 0.05) is 12.3 Å². The molecule has 1 fully saturated rings. The van der Waals surface area contributed by atoms with Gasteiger partial charge in [-0.1, -0.05) is 6.42 Å². The number of nitrogens with two attached hydrogens (primary N) is 1. The molecule has 0 aromatic rings. The van der Waals surface area contributed by atoms with Crippen LogP contribution in [0.5, 0.6) is 0 Å². The zero-order chi connectivity index (χ0) is 13.1. The van der Waals surface area contributed by atoms with Crippen molar-refractivity contribution in [2.75, 3.05) is 17.8 Å². The van der Waals surface area contributed by atoms with E-state index in [9.17, 15) is 16.8 Å². The first-order valence-electron chi connectivity index (χ1n) is 5.62. The third kappa shape index (κ3) is 4.53. The second-order valence-corrected chi connectivity index (χ2v) is 9.19. The van der Waals surface area contributed by atoms with Crippen molar-refractivity contribution in [1.29, 1.82) is 0 Å². The van der Waals surface area contributed by atoms with Crippen molar-refractivity contribution in [2.24, 2.45) is 5.84 Å². The predicted molar refractivity (Wildman–Crippen MR) is 66.9 cm³/mol. The molecule has 0 radical (unpaired) electrons. The monoisotopic (exact) mass is 284 g/mol. The van der Waals surface area contributed by atoms with E-state index < -0.39 is 31.0 Å². The van der Waals surface area contributed by atoms with Crippen molar-refractivity contribution >= 4 is 19.7 Å². The Morgan fingerprint density at radius 3 is 2.53 bits per heavy atom. The molecule has 0 aromatic heterocycles. The smallest absolute Gasteiger partial charge is 0.154 e. The second kappa shape index (κ2) is 5.64. The molecular weight excluding hydrogens is 264 g/mol. The van der Waals surface area contributed by atoms with Crippen molar-refractivity contribution in [1.82, 2.24) is 5.43 Å². The summed E-state index contributed by atoms with van der Waals surface area (Å²) >= 11 is 0. The van der Waals surface area contributed by atoms with Gasteiger partial charge in [0.25, 0.3) is 0 Å². The van der Waals surface area contributed by atoms with Gasteiger partial charge in [-0.3, -0.25) is 11.3 Å². The van der Waals surface area contributed by atoms with Crippen LogP contribution >= 0.6 is 0 Å². The third-order valence-corrected chi connectivity index (χ3v) is 6.41. The zero-order valence-electron chi connectivity index (χ0n) is 9.92. The first-order valence-corrected chi connectivity index (χ1v) is 9.39. The Balaban J connectivity index is 2.72. The number of nitrogens with one attached hydrogen (secondary N) is 1. The van der Waals surface area contributed by atoms with Crippen LogP contribution in [0.4, 0.5) is 0 Å². The maximum absolute atomic E-state index is 11.9. The molecule has 3 N–H and O–H groups in total. The minimum atomic E-state index is -3.14.